The highest BCUT2D eigenvalue weighted by atomic mass is 79.9. The summed E-state index contributed by atoms with van der Waals surface area (Å²) in [6.07, 6.45) is 3.45. The molecule has 2 aromatic carbocycles. The van der Waals surface area contributed by atoms with Gasteiger partial charge in [-0.05, 0) is 70.9 Å². The van der Waals surface area contributed by atoms with Gasteiger partial charge in [-0.15, -0.1) is 6.58 Å². The molecule has 3 fully saturated rings. The van der Waals surface area contributed by atoms with E-state index in [0.29, 0.717) is 45.2 Å². The van der Waals surface area contributed by atoms with E-state index in [1.165, 1.54) is 35.6 Å². The van der Waals surface area contributed by atoms with Crippen LogP contribution in [0.3, 0.4) is 0 Å². The summed E-state index contributed by atoms with van der Waals surface area (Å²) >= 11 is 14.8. The number of amides is 3. The quantitative estimate of drug-likeness (QED) is 0.118. The summed E-state index contributed by atoms with van der Waals surface area (Å²) in [5, 5.41) is 7.80. The largest absolute Gasteiger partial charge is 0.494 e. The van der Waals surface area contributed by atoms with Gasteiger partial charge >= 0.3 is 0 Å². The van der Waals surface area contributed by atoms with Gasteiger partial charge in [0.1, 0.15) is 29.5 Å². The molecule has 4 aromatic rings. The van der Waals surface area contributed by atoms with Gasteiger partial charge in [-0.3, -0.25) is 19.1 Å². The predicted octanol–water partition coefficient (Wildman–Crippen LogP) is 7.09. The second kappa shape index (κ2) is 15.8. The molecule has 3 amide bonds. The van der Waals surface area contributed by atoms with Crippen molar-refractivity contribution >= 4 is 98.4 Å². The van der Waals surface area contributed by atoms with Crippen LogP contribution >= 0.6 is 54.8 Å². The van der Waals surface area contributed by atoms with Gasteiger partial charge in [-0.25, -0.2) is 18.4 Å². The Morgan fingerprint density at radius 1 is 1.12 bits per heavy atom. The summed E-state index contributed by atoms with van der Waals surface area (Å²) in [6.45, 7) is 9.54. The molecule has 3 heterocycles. The van der Waals surface area contributed by atoms with E-state index in [2.05, 4.69) is 58.8 Å². The van der Waals surface area contributed by atoms with E-state index >= 15 is 0 Å². The summed E-state index contributed by atoms with van der Waals surface area (Å²) in [6, 6.07) is 11.0. The van der Waals surface area contributed by atoms with E-state index in [-0.39, 0.29) is 25.3 Å². The van der Waals surface area contributed by atoms with Crippen molar-refractivity contribution in [1.29, 1.82) is 0 Å². The first-order chi connectivity index (χ1) is 26.9. The van der Waals surface area contributed by atoms with Crippen LogP contribution in [-0.2, 0) is 24.4 Å². The lowest BCUT2D eigenvalue weighted by Gasteiger charge is -2.35. The van der Waals surface area contributed by atoms with Crippen molar-refractivity contribution in [2.24, 2.45) is 11.3 Å². The van der Waals surface area contributed by atoms with Gasteiger partial charge in [0, 0.05) is 38.2 Å². The van der Waals surface area contributed by atoms with Gasteiger partial charge < -0.3 is 25.0 Å². The second-order valence-corrected chi connectivity index (χ2v) is 21.2. The number of ether oxygens (including phenoxy) is 2. The standard InChI is InChI=1S/C39H41Br2ClN6O7S2/c1-6-21-17-39(21,36(51)47-57(52,53)25-12-13-25)46-33(49)28-16-24(55-34-27-15-23(42)11-14-26(27)29(54-5)18-43-34)19-48(28)35(50)31(38(2,3)4)45-37-44-30(32(41)56-37)20-7-9-22(40)10-8-20/h6-11,14-15,18,21,24-25,28,31H,1,12-13,16-17,19H2,2-5H3,(H,44,45)(H,46,49)(H,47,51)/t21-,24-,28+,31-,39-/m1/s1. The minimum absolute atomic E-state index is 0.00715. The number of benzene rings is 2. The van der Waals surface area contributed by atoms with E-state index in [1.807, 2.05) is 45.0 Å². The van der Waals surface area contributed by atoms with E-state index in [1.54, 1.807) is 18.2 Å². The fraction of sp³-hybridized carbons (Fsp3) is 0.410. The number of likely N-dealkylation sites (tertiary alicyclic amines) is 1. The van der Waals surface area contributed by atoms with Crippen molar-refractivity contribution in [2.75, 3.05) is 19.0 Å². The van der Waals surface area contributed by atoms with Crippen LogP contribution in [0.5, 0.6) is 11.6 Å². The number of nitrogens with one attached hydrogen (secondary N) is 3. The Bertz CT molecular complexity index is 2370. The van der Waals surface area contributed by atoms with Gasteiger partial charge in [0.15, 0.2) is 5.13 Å². The number of nitrogens with zero attached hydrogens (tertiary/aromatic N) is 3. The van der Waals surface area contributed by atoms with Crippen molar-refractivity contribution in [3.8, 4) is 22.9 Å². The molecule has 3 aliphatic rings. The molecule has 13 nitrogen and oxygen atoms in total. The molecular formula is C39H41Br2ClN6O7S2. The molecule has 3 N–H and O–H groups in total. The van der Waals surface area contributed by atoms with Crippen LogP contribution in [-0.4, -0.2) is 83.6 Å². The number of hydrogen-bond donors (Lipinski definition) is 3. The Morgan fingerprint density at radius 2 is 1.84 bits per heavy atom. The first-order valence-electron chi connectivity index (χ1n) is 18.2. The molecule has 0 radical (unpaired) electrons. The number of carbonyl (C=O) groups excluding carboxylic acids is 3. The number of carbonyl (C=O) groups is 3. The Morgan fingerprint density at radius 3 is 2.47 bits per heavy atom. The van der Waals surface area contributed by atoms with Crippen LogP contribution in [0.25, 0.3) is 22.0 Å². The summed E-state index contributed by atoms with van der Waals surface area (Å²) < 4.78 is 41.5. The smallest absolute Gasteiger partial charge is 0.259 e. The molecule has 1 saturated heterocycles. The number of aromatic nitrogens is 2. The average molecular weight is 965 g/mol. The molecular weight excluding hydrogens is 924 g/mol. The molecule has 57 heavy (non-hydrogen) atoms. The fourth-order valence-corrected chi connectivity index (χ4v) is 10.4. The highest BCUT2D eigenvalue weighted by Gasteiger charge is 2.62. The van der Waals surface area contributed by atoms with E-state index in [9.17, 15) is 22.8 Å². The molecule has 302 valence electrons. The predicted molar refractivity (Wildman–Crippen MR) is 227 cm³/mol. The van der Waals surface area contributed by atoms with Crippen LogP contribution in [0, 0.1) is 11.3 Å². The van der Waals surface area contributed by atoms with Crippen LogP contribution in [0.1, 0.15) is 46.5 Å². The third-order valence-electron chi connectivity index (χ3n) is 10.5. The molecule has 7 rings (SSSR count). The van der Waals surface area contributed by atoms with Crippen molar-refractivity contribution in [3.63, 3.8) is 0 Å². The molecule has 2 saturated carbocycles. The number of methoxy groups -OCH3 is 1. The number of anilines is 1. The molecule has 1 aliphatic heterocycles. The normalized spacial score (nSPS) is 22.4. The van der Waals surface area contributed by atoms with E-state index in [4.69, 9.17) is 26.1 Å². The van der Waals surface area contributed by atoms with Gasteiger partial charge in [0.05, 0.1) is 34.6 Å². The maximum atomic E-state index is 14.9. The number of thiazole rings is 1. The first-order valence-corrected chi connectivity index (χ1v) is 22.6. The molecule has 5 atom stereocenters. The topological polar surface area (TPSA) is 169 Å². The van der Waals surface area contributed by atoms with Crippen molar-refractivity contribution in [2.45, 2.75) is 75.4 Å². The molecule has 18 heteroatoms. The number of hydrogen-bond acceptors (Lipinski definition) is 11. The van der Waals surface area contributed by atoms with E-state index in [0.717, 1.165) is 13.8 Å². The number of sulfonamides is 1. The summed E-state index contributed by atoms with van der Waals surface area (Å²) in [7, 11) is -2.37. The van der Waals surface area contributed by atoms with Crippen molar-refractivity contribution in [1.82, 2.24) is 24.9 Å². The zero-order valence-corrected chi connectivity index (χ0v) is 37.0. The minimum atomic E-state index is -3.90. The maximum Gasteiger partial charge on any atom is 0.259 e. The zero-order valence-electron chi connectivity index (χ0n) is 31.5. The zero-order chi connectivity index (χ0) is 41.0. The van der Waals surface area contributed by atoms with Crippen molar-refractivity contribution < 1.29 is 32.3 Å². The summed E-state index contributed by atoms with van der Waals surface area (Å²) in [5.74, 6) is -1.62. The van der Waals surface area contributed by atoms with Gasteiger partial charge in [0.25, 0.3) is 5.91 Å². The lowest BCUT2D eigenvalue weighted by atomic mass is 9.85. The molecule has 2 aromatic heterocycles. The lowest BCUT2D eigenvalue weighted by molar-refractivity contribution is -0.141. The number of fused-ring (bicyclic) bond motifs is 1. The third kappa shape index (κ3) is 8.54. The summed E-state index contributed by atoms with van der Waals surface area (Å²) in [4.78, 5) is 53.8. The highest BCUT2D eigenvalue weighted by Crippen LogP contribution is 2.46. The Kier molecular flexibility index (Phi) is 11.5. The van der Waals surface area contributed by atoms with Gasteiger partial charge in [0.2, 0.25) is 27.7 Å². The molecule has 0 spiro atoms. The minimum Gasteiger partial charge on any atom is -0.494 e. The Balaban J connectivity index is 1.20. The van der Waals surface area contributed by atoms with Crippen LogP contribution < -0.4 is 24.8 Å². The van der Waals surface area contributed by atoms with Crippen molar-refractivity contribution in [3.05, 3.63) is 74.6 Å². The first kappa shape index (κ1) is 41.4. The monoisotopic (exact) mass is 962 g/mol. The Labute approximate surface area is 356 Å². The number of rotatable bonds is 13. The SMILES string of the molecule is C=C[C@@H]1C[C@]1(NC(=O)[C@@H]1C[C@@H](Oc2ncc(OC)c3ccc(Cl)cc23)CN1C(=O)[C@@H](Nc1nc(-c2ccc(Br)cc2)c(Br)s1)C(C)(C)C)C(=O)NS(=O)(=O)C1CC1. The Hall–Kier alpha value is -3.77. The van der Waals surface area contributed by atoms with Gasteiger partial charge in [-0.1, -0.05) is 77.8 Å². The molecule has 0 bridgehead atoms. The highest BCUT2D eigenvalue weighted by molar-refractivity contribution is 9.11. The molecule has 2 aliphatic carbocycles. The van der Waals surface area contributed by atoms with E-state index < -0.39 is 68.1 Å². The van der Waals surface area contributed by atoms with Crippen LogP contribution in [0.4, 0.5) is 5.13 Å². The maximum absolute atomic E-state index is 14.9. The third-order valence-corrected chi connectivity index (χ3v) is 14.7. The average Bonchev–Trinajstić information content (AvgIpc) is 4.06. The number of pyridine rings is 1. The molecule has 0 unspecified atom stereocenters. The summed E-state index contributed by atoms with van der Waals surface area (Å²) in [5.41, 5.74) is -0.641. The van der Waals surface area contributed by atoms with Gasteiger partial charge in [-0.2, -0.15) is 0 Å². The van der Waals surface area contributed by atoms with Crippen LogP contribution in [0.2, 0.25) is 5.02 Å². The lowest BCUT2D eigenvalue weighted by Crippen LogP contribution is -2.58. The number of halogens is 3. The van der Waals surface area contributed by atoms with Crippen LogP contribution in [0.15, 0.2) is 69.6 Å². The second-order valence-electron chi connectivity index (χ2n) is 15.6. The fourth-order valence-electron chi connectivity index (χ4n) is 7.06.